The van der Waals surface area contributed by atoms with Crippen molar-refractivity contribution in [2.24, 2.45) is 0 Å². The molecule has 0 spiro atoms. The molecule has 0 atom stereocenters. The third-order valence-electron chi connectivity index (χ3n) is 5.89. The highest BCUT2D eigenvalue weighted by Crippen LogP contribution is 2.33. The molecule has 172 valence electrons. The number of hydrogen-bond acceptors (Lipinski definition) is 4. The summed E-state index contributed by atoms with van der Waals surface area (Å²) >= 11 is 0. The highest BCUT2D eigenvalue weighted by Gasteiger charge is 2.15. The maximum atomic E-state index is 6.35. The molecule has 5 nitrogen and oxygen atoms in total. The van der Waals surface area contributed by atoms with Crippen molar-refractivity contribution in [3.05, 3.63) is 71.9 Å². The minimum Gasteiger partial charge on any atom is -0.437 e. The van der Waals surface area contributed by atoms with Gasteiger partial charge in [-0.25, -0.2) is 9.97 Å². The van der Waals surface area contributed by atoms with Crippen molar-refractivity contribution in [2.45, 2.75) is 65.8 Å². The summed E-state index contributed by atoms with van der Waals surface area (Å²) in [5, 5.41) is 3.52. The van der Waals surface area contributed by atoms with E-state index in [1.54, 1.807) is 6.20 Å². The van der Waals surface area contributed by atoms with Gasteiger partial charge in [0.1, 0.15) is 11.4 Å². The Morgan fingerprint density at radius 3 is 2.64 bits per heavy atom. The molecule has 0 saturated carbocycles. The zero-order valence-corrected chi connectivity index (χ0v) is 20.0. The molecule has 0 aliphatic rings. The lowest BCUT2D eigenvalue weighted by Crippen LogP contribution is -2.05. The number of hydrogen-bond donors (Lipinski definition) is 1. The van der Waals surface area contributed by atoms with Gasteiger partial charge >= 0.3 is 0 Å². The number of rotatable bonds is 11. The molecule has 0 aliphatic heterocycles. The molecular formula is C28H34N4O. The van der Waals surface area contributed by atoms with E-state index in [1.165, 1.54) is 24.0 Å². The number of nitrogens with zero attached hydrogens (tertiary/aromatic N) is 3. The van der Waals surface area contributed by atoms with Crippen LogP contribution in [0.4, 0.5) is 11.6 Å². The summed E-state index contributed by atoms with van der Waals surface area (Å²) in [6.07, 6.45) is 8.57. The van der Waals surface area contributed by atoms with Crippen LogP contribution in [0.25, 0.3) is 11.0 Å². The van der Waals surface area contributed by atoms with Gasteiger partial charge in [0, 0.05) is 12.7 Å². The Balaban J connectivity index is 1.64. The maximum absolute atomic E-state index is 6.35. The smallest absolute Gasteiger partial charge is 0.243 e. The standard InChI is InChI=1S/C28H34N4O/c1-4-6-8-12-22-13-9-10-15-26(22)33-27-23(14-11-18-29-27)30-28-31-24-20-21(3)16-17-25(24)32(28)19-7-5-2/h9-11,13-18,20H,4-8,12,19H2,1-3H3,(H,30,31). The second-order valence-electron chi connectivity index (χ2n) is 8.58. The summed E-state index contributed by atoms with van der Waals surface area (Å²) in [4.78, 5) is 9.45. The molecule has 0 saturated heterocycles. The molecule has 33 heavy (non-hydrogen) atoms. The van der Waals surface area contributed by atoms with Crippen LogP contribution in [0.1, 0.15) is 57.1 Å². The molecule has 5 heteroatoms. The van der Waals surface area contributed by atoms with Crippen LogP contribution in [-0.2, 0) is 13.0 Å². The molecule has 2 heterocycles. The summed E-state index contributed by atoms with van der Waals surface area (Å²) in [5.41, 5.74) is 5.38. The molecule has 4 aromatic rings. The normalized spacial score (nSPS) is 11.1. The Kier molecular flexibility index (Phi) is 7.61. The molecule has 0 radical (unpaired) electrons. The van der Waals surface area contributed by atoms with E-state index in [4.69, 9.17) is 9.72 Å². The number of imidazole rings is 1. The highest BCUT2D eigenvalue weighted by atomic mass is 16.5. The Hall–Kier alpha value is -3.34. The molecule has 0 unspecified atom stereocenters. The number of ether oxygens (including phenoxy) is 1. The predicted octanol–water partition coefficient (Wildman–Crippen LogP) is 7.81. The summed E-state index contributed by atoms with van der Waals surface area (Å²) in [5.74, 6) is 2.24. The van der Waals surface area contributed by atoms with Crippen molar-refractivity contribution in [3.63, 3.8) is 0 Å². The van der Waals surface area contributed by atoms with Crippen LogP contribution < -0.4 is 10.1 Å². The molecule has 0 fully saturated rings. The summed E-state index contributed by atoms with van der Waals surface area (Å²) in [6.45, 7) is 7.45. The number of aromatic nitrogens is 3. The van der Waals surface area contributed by atoms with Gasteiger partial charge < -0.3 is 14.6 Å². The maximum Gasteiger partial charge on any atom is 0.243 e. The van der Waals surface area contributed by atoms with Crippen LogP contribution in [0.3, 0.4) is 0 Å². The number of unbranched alkanes of at least 4 members (excludes halogenated alkanes) is 3. The van der Waals surface area contributed by atoms with Crippen molar-refractivity contribution in [1.29, 1.82) is 0 Å². The number of aryl methyl sites for hydroxylation is 3. The summed E-state index contributed by atoms with van der Waals surface area (Å²) in [6, 6.07) is 18.6. The Morgan fingerprint density at radius 1 is 0.939 bits per heavy atom. The van der Waals surface area contributed by atoms with Crippen LogP contribution in [0.5, 0.6) is 11.6 Å². The van der Waals surface area contributed by atoms with Gasteiger partial charge in [0.15, 0.2) is 0 Å². The largest absolute Gasteiger partial charge is 0.437 e. The SMILES string of the molecule is CCCCCc1ccccc1Oc1ncccc1Nc1nc2cc(C)ccc2n1CCCC. The van der Waals surface area contributed by atoms with E-state index in [1.807, 2.05) is 24.3 Å². The molecule has 0 aliphatic carbocycles. The lowest BCUT2D eigenvalue weighted by molar-refractivity contribution is 0.458. The van der Waals surface area contributed by atoms with Crippen LogP contribution in [-0.4, -0.2) is 14.5 Å². The average molecular weight is 443 g/mol. The summed E-state index contributed by atoms with van der Waals surface area (Å²) in [7, 11) is 0. The highest BCUT2D eigenvalue weighted by molar-refractivity contribution is 5.80. The topological polar surface area (TPSA) is 52.0 Å². The van der Waals surface area contributed by atoms with Crippen molar-refractivity contribution in [1.82, 2.24) is 14.5 Å². The first-order chi connectivity index (χ1) is 16.2. The predicted molar refractivity (Wildman–Crippen MR) is 137 cm³/mol. The van der Waals surface area contributed by atoms with Gasteiger partial charge in [0.05, 0.1) is 11.0 Å². The quantitative estimate of drug-likeness (QED) is 0.241. The Labute approximate surface area is 196 Å². The number of fused-ring (bicyclic) bond motifs is 1. The lowest BCUT2D eigenvalue weighted by atomic mass is 10.1. The first-order valence-corrected chi connectivity index (χ1v) is 12.1. The van der Waals surface area contributed by atoms with Gasteiger partial charge in [-0.3, -0.25) is 0 Å². The van der Waals surface area contributed by atoms with E-state index in [0.29, 0.717) is 5.88 Å². The van der Waals surface area contributed by atoms with E-state index in [9.17, 15) is 0 Å². The van der Waals surface area contributed by atoms with E-state index >= 15 is 0 Å². The van der Waals surface area contributed by atoms with Crippen molar-refractivity contribution >= 4 is 22.7 Å². The number of anilines is 2. The van der Waals surface area contributed by atoms with Crippen molar-refractivity contribution in [3.8, 4) is 11.6 Å². The van der Waals surface area contributed by atoms with Gasteiger partial charge in [-0.05, 0) is 67.6 Å². The van der Waals surface area contributed by atoms with Crippen molar-refractivity contribution in [2.75, 3.05) is 5.32 Å². The number of benzene rings is 2. The molecule has 1 N–H and O–H groups in total. The minimum absolute atomic E-state index is 0.561. The third-order valence-corrected chi connectivity index (χ3v) is 5.89. The van der Waals surface area contributed by atoms with Crippen LogP contribution in [0.2, 0.25) is 0 Å². The fraction of sp³-hybridized carbons (Fsp3) is 0.357. The molecule has 2 aromatic carbocycles. The first-order valence-electron chi connectivity index (χ1n) is 12.1. The molecule has 2 aromatic heterocycles. The van der Waals surface area contributed by atoms with Crippen LogP contribution >= 0.6 is 0 Å². The molecule has 4 rings (SSSR count). The van der Waals surface area contributed by atoms with Crippen molar-refractivity contribution < 1.29 is 4.74 Å². The van der Waals surface area contributed by atoms with E-state index in [0.717, 1.165) is 60.6 Å². The first kappa shape index (κ1) is 22.8. The van der Waals surface area contributed by atoms with Gasteiger partial charge in [0.25, 0.3) is 0 Å². The number of para-hydroxylation sites is 1. The van der Waals surface area contributed by atoms with Gasteiger partial charge in [0.2, 0.25) is 11.8 Å². The van der Waals surface area contributed by atoms with E-state index < -0.39 is 0 Å². The fourth-order valence-electron chi connectivity index (χ4n) is 4.05. The lowest BCUT2D eigenvalue weighted by Gasteiger charge is -2.15. The Bertz CT molecular complexity index is 1200. The third kappa shape index (κ3) is 5.54. The monoisotopic (exact) mass is 442 g/mol. The van der Waals surface area contributed by atoms with E-state index in [2.05, 4.69) is 66.0 Å². The second kappa shape index (κ2) is 11.0. The number of pyridine rings is 1. The average Bonchev–Trinajstić information content (AvgIpc) is 3.16. The van der Waals surface area contributed by atoms with Gasteiger partial charge in [-0.2, -0.15) is 0 Å². The molecule has 0 bridgehead atoms. The fourth-order valence-corrected chi connectivity index (χ4v) is 4.05. The van der Waals surface area contributed by atoms with Crippen LogP contribution in [0.15, 0.2) is 60.8 Å². The van der Waals surface area contributed by atoms with Crippen LogP contribution in [0, 0.1) is 6.92 Å². The minimum atomic E-state index is 0.561. The molecule has 0 amide bonds. The number of nitrogens with one attached hydrogen (secondary N) is 1. The Morgan fingerprint density at radius 2 is 1.79 bits per heavy atom. The van der Waals surface area contributed by atoms with Gasteiger partial charge in [-0.15, -0.1) is 0 Å². The zero-order chi connectivity index (χ0) is 23.0. The van der Waals surface area contributed by atoms with E-state index in [-0.39, 0.29) is 0 Å². The molecular weight excluding hydrogens is 408 g/mol. The van der Waals surface area contributed by atoms with Gasteiger partial charge in [-0.1, -0.05) is 57.4 Å². The summed E-state index contributed by atoms with van der Waals surface area (Å²) < 4.78 is 8.60. The second-order valence-corrected chi connectivity index (χ2v) is 8.58. The zero-order valence-electron chi connectivity index (χ0n) is 20.0.